The van der Waals surface area contributed by atoms with Crippen molar-refractivity contribution in [2.75, 3.05) is 32.8 Å². The van der Waals surface area contributed by atoms with Gasteiger partial charge in [0.25, 0.3) is 0 Å². The first kappa shape index (κ1) is 12.2. The molecule has 1 heterocycles. The molecule has 0 fully saturated rings. The van der Waals surface area contributed by atoms with Crippen molar-refractivity contribution in [3.63, 3.8) is 0 Å². The van der Waals surface area contributed by atoms with E-state index in [0.29, 0.717) is 13.2 Å². The molecule has 0 unspecified atom stereocenters. The fourth-order valence-corrected chi connectivity index (χ4v) is 1.96. The third kappa shape index (κ3) is 3.11. The van der Waals surface area contributed by atoms with Crippen LogP contribution in [0.1, 0.15) is 6.92 Å². The van der Waals surface area contributed by atoms with E-state index in [2.05, 4.69) is 11.8 Å². The molecule has 0 aliphatic carbocycles. The molecule has 1 atom stereocenters. The minimum absolute atomic E-state index is 0.0383. The van der Waals surface area contributed by atoms with Crippen molar-refractivity contribution < 1.29 is 14.6 Å². The summed E-state index contributed by atoms with van der Waals surface area (Å²) >= 11 is 0. The van der Waals surface area contributed by atoms with Crippen molar-refractivity contribution in [1.82, 2.24) is 4.90 Å². The molecular formula is C13H19NO3. The fourth-order valence-electron chi connectivity index (χ4n) is 1.96. The number of rotatable bonds is 5. The molecule has 0 bridgehead atoms. The molecular weight excluding hydrogens is 218 g/mol. The summed E-state index contributed by atoms with van der Waals surface area (Å²) in [7, 11) is 0. The summed E-state index contributed by atoms with van der Waals surface area (Å²) in [6, 6.07) is 7.71. The van der Waals surface area contributed by atoms with Crippen LogP contribution >= 0.6 is 0 Å². The highest BCUT2D eigenvalue weighted by Gasteiger charge is 2.22. The van der Waals surface area contributed by atoms with E-state index in [4.69, 9.17) is 14.6 Å². The maximum absolute atomic E-state index is 8.94. The summed E-state index contributed by atoms with van der Waals surface area (Å²) in [4.78, 5) is 2.15. The molecule has 0 saturated carbocycles. The van der Waals surface area contributed by atoms with Crippen LogP contribution in [0.4, 0.5) is 0 Å². The summed E-state index contributed by atoms with van der Waals surface area (Å²) in [5.74, 6) is 1.62. The molecule has 1 aromatic carbocycles. The van der Waals surface area contributed by atoms with Crippen molar-refractivity contribution in [3.8, 4) is 11.5 Å². The summed E-state index contributed by atoms with van der Waals surface area (Å²) in [5.41, 5.74) is 0. The summed E-state index contributed by atoms with van der Waals surface area (Å²) in [5, 5.41) is 8.94. The van der Waals surface area contributed by atoms with Crippen LogP contribution in [-0.4, -0.2) is 49.0 Å². The van der Waals surface area contributed by atoms with E-state index in [0.717, 1.165) is 24.6 Å². The van der Waals surface area contributed by atoms with Gasteiger partial charge in [0.05, 0.1) is 6.61 Å². The lowest BCUT2D eigenvalue weighted by Gasteiger charge is -2.30. The van der Waals surface area contributed by atoms with Crippen LogP contribution in [0.25, 0.3) is 0 Å². The second-order valence-corrected chi connectivity index (χ2v) is 4.11. The predicted octanol–water partition coefficient (Wildman–Crippen LogP) is 1.14. The zero-order valence-electron chi connectivity index (χ0n) is 10.1. The van der Waals surface area contributed by atoms with E-state index in [1.807, 2.05) is 24.3 Å². The molecule has 94 valence electrons. The average molecular weight is 237 g/mol. The van der Waals surface area contributed by atoms with Gasteiger partial charge in [0.2, 0.25) is 0 Å². The average Bonchev–Trinajstić information content (AvgIpc) is 2.38. The molecule has 0 amide bonds. The lowest BCUT2D eigenvalue weighted by atomic mass is 10.2. The van der Waals surface area contributed by atoms with Gasteiger partial charge in [-0.2, -0.15) is 0 Å². The first-order valence-corrected chi connectivity index (χ1v) is 6.05. The number of hydrogen-bond acceptors (Lipinski definition) is 4. The smallest absolute Gasteiger partial charge is 0.161 e. The van der Waals surface area contributed by atoms with Gasteiger partial charge >= 0.3 is 0 Å². The van der Waals surface area contributed by atoms with Gasteiger partial charge in [-0.25, -0.2) is 0 Å². The molecule has 4 nitrogen and oxygen atoms in total. The number of likely N-dealkylation sites (N-methyl/N-ethyl adjacent to an activating group) is 1. The fraction of sp³-hybridized carbons (Fsp3) is 0.538. The van der Waals surface area contributed by atoms with Crippen molar-refractivity contribution in [2.45, 2.75) is 13.0 Å². The number of para-hydroxylation sites is 2. The maximum atomic E-state index is 8.94. The molecule has 1 N–H and O–H groups in total. The van der Waals surface area contributed by atoms with E-state index in [1.54, 1.807) is 0 Å². The Bertz CT molecular complexity index is 356. The molecule has 0 saturated heterocycles. The Labute approximate surface area is 102 Å². The molecule has 1 aromatic rings. The SMILES string of the molecule is CCN(CCO)C[C@@H]1COc2ccccc2O1. The highest BCUT2D eigenvalue weighted by molar-refractivity contribution is 5.40. The Balaban J connectivity index is 1.93. The number of fused-ring (bicyclic) bond motifs is 1. The monoisotopic (exact) mass is 237 g/mol. The quantitative estimate of drug-likeness (QED) is 0.834. The number of aliphatic hydroxyl groups excluding tert-OH is 1. The molecule has 1 aliphatic rings. The van der Waals surface area contributed by atoms with Crippen molar-refractivity contribution in [1.29, 1.82) is 0 Å². The predicted molar refractivity (Wildman–Crippen MR) is 65.6 cm³/mol. The minimum Gasteiger partial charge on any atom is -0.486 e. The van der Waals surface area contributed by atoms with Gasteiger partial charge in [-0.3, -0.25) is 4.90 Å². The van der Waals surface area contributed by atoms with Gasteiger partial charge < -0.3 is 14.6 Å². The van der Waals surface area contributed by atoms with Crippen LogP contribution in [0.15, 0.2) is 24.3 Å². The van der Waals surface area contributed by atoms with Gasteiger partial charge in [-0.05, 0) is 18.7 Å². The Morgan fingerprint density at radius 1 is 1.35 bits per heavy atom. The van der Waals surface area contributed by atoms with Crippen LogP contribution in [0.2, 0.25) is 0 Å². The van der Waals surface area contributed by atoms with Crippen molar-refractivity contribution in [2.24, 2.45) is 0 Å². The van der Waals surface area contributed by atoms with Crippen LogP contribution in [0.5, 0.6) is 11.5 Å². The normalized spacial score (nSPS) is 18.4. The standard InChI is InChI=1S/C13H19NO3/c1-2-14(7-8-15)9-11-10-16-12-5-3-4-6-13(12)17-11/h3-6,11,15H,2,7-10H2,1H3/t11-/m1/s1. The zero-order chi connectivity index (χ0) is 12.1. The first-order chi connectivity index (χ1) is 8.33. The van der Waals surface area contributed by atoms with Gasteiger partial charge in [0, 0.05) is 13.1 Å². The van der Waals surface area contributed by atoms with E-state index in [9.17, 15) is 0 Å². The maximum Gasteiger partial charge on any atom is 0.161 e. The zero-order valence-corrected chi connectivity index (χ0v) is 10.1. The Morgan fingerprint density at radius 2 is 2.12 bits per heavy atom. The van der Waals surface area contributed by atoms with Crippen LogP contribution in [0, 0.1) is 0 Å². The second kappa shape index (κ2) is 5.89. The summed E-state index contributed by atoms with van der Waals surface area (Å²) in [6.07, 6.45) is 0.0383. The number of hydrogen-bond donors (Lipinski definition) is 1. The third-order valence-electron chi connectivity index (χ3n) is 2.89. The molecule has 4 heteroatoms. The van der Waals surface area contributed by atoms with E-state index in [1.165, 1.54) is 0 Å². The topological polar surface area (TPSA) is 41.9 Å². The minimum atomic E-state index is 0.0383. The van der Waals surface area contributed by atoms with Gasteiger partial charge in [0.1, 0.15) is 12.7 Å². The third-order valence-corrected chi connectivity index (χ3v) is 2.89. The molecule has 17 heavy (non-hydrogen) atoms. The lowest BCUT2D eigenvalue weighted by Crippen LogP contribution is -2.41. The number of aliphatic hydroxyl groups is 1. The van der Waals surface area contributed by atoms with Gasteiger partial charge in [-0.1, -0.05) is 19.1 Å². The Kier molecular flexibility index (Phi) is 4.23. The molecule has 0 aromatic heterocycles. The van der Waals surface area contributed by atoms with E-state index < -0.39 is 0 Å². The largest absolute Gasteiger partial charge is 0.486 e. The van der Waals surface area contributed by atoms with E-state index in [-0.39, 0.29) is 12.7 Å². The lowest BCUT2D eigenvalue weighted by molar-refractivity contribution is 0.0552. The van der Waals surface area contributed by atoms with Crippen molar-refractivity contribution in [3.05, 3.63) is 24.3 Å². The Morgan fingerprint density at radius 3 is 2.82 bits per heavy atom. The highest BCUT2D eigenvalue weighted by Crippen LogP contribution is 2.30. The Hall–Kier alpha value is -1.26. The second-order valence-electron chi connectivity index (χ2n) is 4.11. The molecule has 1 aliphatic heterocycles. The van der Waals surface area contributed by atoms with Crippen molar-refractivity contribution >= 4 is 0 Å². The van der Waals surface area contributed by atoms with Gasteiger partial charge in [-0.15, -0.1) is 0 Å². The summed E-state index contributed by atoms with van der Waals surface area (Å²) in [6.45, 7) is 5.19. The molecule has 0 spiro atoms. The van der Waals surface area contributed by atoms with Crippen LogP contribution in [0.3, 0.4) is 0 Å². The molecule has 2 rings (SSSR count). The van der Waals surface area contributed by atoms with Crippen LogP contribution < -0.4 is 9.47 Å². The van der Waals surface area contributed by atoms with Crippen LogP contribution in [-0.2, 0) is 0 Å². The number of ether oxygens (including phenoxy) is 2. The summed E-state index contributed by atoms with van der Waals surface area (Å²) < 4.78 is 11.5. The highest BCUT2D eigenvalue weighted by atomic mass is 16.6. The number of benzene rings is 1. The first-order valence-electron chi connectivity index (χ1n) is 6.05. The van der Waals surface area contributed by atoms with Gasteiger partial charge in [0.15, 0.2) is 11.5 Å². The van der Waals surface area contributed by atoms with E-state index >= 15 is 0 Å². The number of nitrogens with zero attached hydrogens (tertiary/aromatic N) is 1. The molecule has 0 radical (unpaired) electrons.